The molecule has 1 N–H and O–H groups in total. The third-order valence-corrected chi connectivity index (χ3v) is 5.50. The smallest absolute Gasteiger partial charge is 0.273 e. The quantitative estimate of drug-likeness (QED) is 0.247. The number of nitrogens with zero attached hydrogens (tertiary/aromatic N) is 3. The second-order valence-electron chi connectivity index (χ2n) is 9.06. The molecule has 0 atom stereocenters. The molecule has 2 aromatic carbocycles. The van der Waals surface area contributed by atoms with Crippen LogP contribution in [0.2, 0.25) is 0 Å². The van der Waals surface area contributed by atoms with Crippen LogP contribution in [0.5, 0.6) is 23.0 Å². The van der Waals surface area contributed by atoms with Crippen molar-refractivity contribution >= 4 is 23.2 Å². The summed E-state index contributed by atoms with van der Waals surface area (Å²) >= 11 is 0. The van der Waals surface area contributed by atoms with Crippen molar-refractivity contribution in [2.75, 3.05) is 40.6 Å². The van der Waals surface area contributed by atoms with Gasteiger partial charge in [-0.05, 0) is 17.5 Å². The van der Waals surface area contributed by atoms with Crippen molar-refractivity contribution in [2.45, 2.75) is 26.7 Å². The minimum Gasteiger partial charge on any atom is -0.493 e. The Morgan fingerprint density at radius 2 is 1.26 bits per heavy atom. The SMILES string of the molecule is COc1ccc([N+](=O)[O-])cc1OCCN1C(=O)CC(C)(C)CC1=O.COc1ccc([N+](=O)[O-])cc1OCCO. The summed E-state index contributed by atoms with van der Waals surface area (Å²) in [6, 6.07) is 8.03. The Morgan fingerprint density at radius 3 is 1.64 bits per heavy atom. The van der Waals surface area contributed by atoms with Crippen LogP contribution < -0.4 is 18.9 Å². The maximum absolute atomic E-state index is 12.1. The molecule has 2 amide bonds. The lowest BCUT2D eigenvalue weighted by Gasteiger charge is -2.34. The summed E-state index contributed by atoms with van der Waals surface area (Å²) in [6.07, 6.45) is 0.609. The van der Waals surface area contributed by atoms with Crippen molar-refractivity contribution in [3.05, 3.63) is 56.6 Å². The zero-order valence-corrected chi connectivity index (χ0v) is 22.1. The van der Waals surface area contributed by atoms with Crippen LogP contribution >= 0.6 is 0 Å². The van der Waals surface area contributed by atoms with E-state index in [1.807, 2.05) is 13.8 Å². The number of non-ortho nitro benzene ring substituents is 2. The van der Waals surface area contributed by atoms with Gasteiger partial charge in [0.1, 0.15) is 13.2 Å². The van der Waals surface area contributed by atoms with Gasteiger partial charge in [-0.2, -0.15) is 0 Å². The first-order valence-corrected chi connectivity index (χ1v) is 11.8. The summed E-state index contributed by atoms with van der Waals surface area (Å²) in [5.74, 6) is 0.730. The van der Waals surface area contributed by atoms with Crippen molar-refractivity contribution in [3.63, 3.8) is 0 Å². The van der Waals surface area contributed by atoms with Gasteiger partial charge in [-0.1, -0.05) is 13.8 Å². The molecule has 0 spiro atoms. The fraction of sp³-hybridized carbons (Fsp3) is 0.440. The molecule has 39 heavy (non-hydrogen) atoms. The highest BCUT2D eigenvalue weighted by molar-refractivity contribution is 5.98. The van der Waals surface area contributed by atoms with Gasteiger partial charge in [0.2, 0.25) is 11.8 Å². The minimum atomic E-state index is -0.536. The summed E-state index contributed by atoms with van der Waals surface area (Å²) in [7, 11) is 2.86. The number of rotatable bonds is 11. The third-order valence-electron chi connectivity index (χ3n) is 5.50. The van der Waals surface area contributed by atoms with Gasteiger partial charge in [-0.25, -0.2) is 0 Å². The van der Waals surface area contributed by atoms with Crippen molar-refractivity contribution in [1.82, 2.24) is 4.90 Å². The summed E-state index contributed by atoms with van der Waals surface area (Å²) in [5.41, 5.74) is -0.532. The molecule has 212 valence electrons. The fourth-order valence-corrected chi connectivity index (χ4v) is 3.65. The number of nitro groups is 2. The molecule has 3 rings (SSSR count). The number of benzene rings is 2. The molecule has 2 aromatic rings. The highest BCUT2D eigenvalue weighted by Gasteiger charge is 2.37. The van der Waals surface area contributed by atoms with E-state index < -0.39 is 9.85 Å². The van der Waals surface area contributed by atoms with Gasteiger partial charge in [0.15, 0.2) is 23.0 Å². The van der Waals surface area contributed by atoms with Gasteiger partial charge < -0.3 is 24.1 Å². The highest BCUT2D eigenvalue weighted by atomic mass is 16.6. The van der Waals surface area contributed by atoms with Gasteiger partial charge in [-0.3, -0.25) is 34.7 Å². The number of likely N-dealkylation sites (tertiary alicyclic amines) is 1. The van der Waals surface area contributed by atoms with E-state index in [0.717, 1.165) is 0 Å². The highest BCUT2D eigenvalue weighted by Crippen LogP contribution is 2.33. The summed E-state index contributed by atoms with van der Waals surface area (Å²) in [6.45, 7) is 3.80. The zero-order valence-electron chi connectivity index (χ0n) is 22.1. The molecule has 0 unspecified atom stereocenters. The van der Waals surface area contributed by atoms with Crippen molar-refractivity contribution in [3.8, 4) is 23.0 Å². The minimum absolute atomic E-state index is 0.0371. The van der Waals surface area contributed by atoms with Crippen LogP contribution in [0.3, 0.4) is 0 Å². The Hall–Kier alpha value is -4.46. The Morgan fingerprint density at radius 1 is 0.821 bits per heavy atom. The van der Waals surface area contributed by atoms with Crippen LogP contribution in [0.4, 0.5) is 11.4 Å². The first-order valence-electron chi connectivity index (χ1n) is 11.8. The van der Waals surface area contributed by atoms with Gasteiger partial charge in [0, 0.05) is 25.0 Å². The molecule has 0 saturated carbocycles. The lowest BCUT2D eigenvalue weighted by atomic mass is 9.82. The van der Waals surface area contributed by atoms with Gasteiger partial charge in [-0.15, -0.1) is 0 Å². The summed E-state index contributed by atoms with van der Waals surface area (Å²) < 4.78 is 20.6. The normalized spacial score (nSPS) is 14.1. The lowest BCUT2D eigenvalue weighted by molar-refractivity contribution is -0.385. The van der Waals surface area contributed by atoms with E-state index in [4.69, 9.17) is 24.1 Å². The first kappa shape index (κ1) is 30.8. The number of methoxy groups -OCH3 is 2. The second-order valence-corrected chi connectivity index (χ2v) is 9.06. The number of ether oxygens (including phenoxy) is 4. The summed E-state index contributed by atoms with van der Waals surface area (Å²) in [5, 5.41) is 29.9. The molecule has 0 aliphatic carbocycles. The van der Waals surface area contributed by atoms with Crippen LogP contribution in [0.1, 0.15) is 26.7 Å². The van der Waals surface area contributed by atoms with Crippen molar-refractivity contribution in [2.24, 2.45) is 5.41 Å². The predicted octanol–water partition coefficient (Wildman–Crippen LogP) is 3.13. The largest absolute Gasteiger partial charge is 0.493 e. The van der Waals surface area contributed by atoms with Gasteiger partial charge in [0.05, 0.1) is 49.4 Å². The van der Waals surface area contributed by atoms with Gasteiger partial charge in [0.25, 0.3) is 11.4 Å². The van der Waals surface area contributed by atoms with E-state index in [1.165, 1.54) is 55.5 Å². The number of aliphatic hydroxyl groups excluding tert-OH is 1. The number of piperidine rings is 1. The van der Waals surface area contributed by atoms with Crippen LogP contribution in [-0.4, -0.2) is 72.3 Å². The van der Waals surface area contributed by atoms with E-state index in [9.17, 15) is 29.8 Å². The second kappa shape index (κ2) is 13.9. The molecule has 14 nitrogen and oxygen atoms in total. The molecule has 1 aliphatic rings. The molecule has 14 heteroatoms. The number of nitro benzene ring substituents is 2. The van der Waals surface area contributed by atoms with Crippen LogP contribution in [-0.2, 0) is 9.59 Å². The van der Waals surface area contributed by atoms with E-state index >= 15 is 0 Å². The van der Waals surface area contributed by atoms with Crippen molar-refractivity contribution in [1.29, 1.82) is 0 Å². The van der Waals surface area contributed by atoms with Crippen molar-refractivity contribution < 1.29 is 43.5 Å². The topological polar surface area (TPSA) is 181 Å². The zero-order chi connectivity index (χ0) is 29.2. The first-order chi connectivity index (χ1) is 18.4. The average Bonchev–Trinajstić information content (AvgIpc) is 2.88. The average molecular weight is 550 g/mol. The number of carbonyl (C=O) groups excluding carboxylic acids is 2. The van der Waals surface area contributed by atoms with Gasteiger partial charge >= 0.3 is 0 Å². The Balaban J connectivity index is 0.000000306. The molecule has 1 aliphatic heterocycles. The van der Waals surface area contributed by atoms with E-state index in [2.05, 4.69) is 0 Å². The standard InChI is InChI=1S/C16H20N2O6.C9H11NO5/c1-16(2)9-14(19)17(15(20)10-16)6-7-24-13-8-11(18(21)22)4-5-12(13)23-3;1-14-8-3-2-7(10(12)13)6-9(8)15-5-4-11/h4-5,8H,6-7,9-10H2,1-3H3;2-3,6,11H,4-5H2,1H3. The molecular formula is C25H31N3O11. The van der Waals surface area contributed by atoms with Crippen LogP contribution in [0.25, 0.3) is 0 Å². The number of aliphatic hydroxyl groups is 1. The fourth-order valence-electron chi connectivity index (χ4n) is 3.65. The Labute approximate surface area is 224 Å². The lowest BCUT2D eigenvalue weighted by Crippen LogP contribution is -2.47. The molecule has 0 radical (unpaired) electrons. The Kier molecular flexibility index (Phi) is 11.0. The number of hydrogen-bond acceptors (Lipinski definition) is 11. The number of imide groups is 1. The third kappa shape index (κ3) is 8.81. The molecule has 1 saturated heterocycles. The maximum atomic E-state index is 12.1. The number of amides is 2. The number of carbonyl (C=O) groups is 2. The summed E-state index contributed by atoms with van der Waals surface area (Å²) in [4.78, 5) is 45.6. The Bertz CT molecular complexity index is 1180. The van der Waals surface area contributed by atoms with E-state index in [-0.39, 0.29) is 66.5 Å². The molecule has 0 bridgehead atoms. The molecule has 1 heterocycles. The molecular weight excluding hydrogens is 518 g/mol. The van der Waals surface area contributed by atoms with E-state index in [0.29, 0.717) is 24.3 Å². The van der Waals surface area contributed by atoms with E-state index in [1.54, 1.807) is 0 Å². The molecule has 1 fully saturated rings. The maximum Gasteiger partial charge on any atom is 0.273 e. The number of hydrogen-bond donors (Lipinski definition) is 1. The predicted molar refractivity (Wildman–Crippen MR) is 137 cm³/mol. The van der Waals surface area contributed by atoms with Crippen LogP contribution in [0.15, 0.2) is 36.4 Å². The molecule has 0 aromatic heterocycles. The van der Waals surface area contributed by atoms with Crippen LogP contribution in [0, 0.1) is 25.6 Å². The monoisotopic (exact) mass is 549 g/mol.